The molecule has 4 nitrogen and oxygen atoms in total. The van der Waals surface area contributed by atoms with Crippen LogP contribution in [0.3, 0.4) is 0 Å². The van der Waals surface area contributed by atoms with Crippen molar-refractivity contribution in [1.29, 1.82) is 0 Å². The van der Waals surface area contributed by atoms with Crippen LogP contribution in [0, 0.1) is 18.3 Å². The monoisotopic (exact) mass is 279 g/mol. The van der Waals surface area contributed by atoms with Gasteiger partial charge < -0.3 is 14.6 Å². The highest BCUT2D eigenvalue weighted by atomic mass is 16.1. The van der Waals surface area contributed by atoms with Crippen LogP contribution in [0.2, 0.25) is 0 Å². The summed E-state index contributed by atoms with van der Waals surface area (Å²) >= 11 is 0. The van der Waals surface area contributed by atoms with Crippen molar-refractivity contribution in [2.75, 3.05) is 19.6 Å². The molecule has 0 radical (unpaired) electrons. The van der Waals surface area contributed by atoms with Crippen molar-refractivity contribution in [3.05, 3.63) is 41.7 Å². The molecule has 21 heavy (non-hydrogen) atoms. The van der Waals surface area contributed by atoms with Crippen LogP contribution >= 0.6 is 0 Å². The molecule has 2 fully saturated rings. The van der Waals surface area contributed by atoms with Crippen molar-refractivity contribution >= 4 is 11.4 Å². The second-order valence-electron chi connectivity index (χ2n) is 5.97. The SMILES string of the molecule is C#Cc1ccn2ccc(C(=O)NC3CN4CCC3C4)cc12. The van der Waals surface area contributed by atoms with Crippen LogP contribution in [-0.2, 0) is 0 Å². The molecule has 0 aromatic carbocycles. The van der Waals surface area contributed by atoms with E-state index in [0.29, 0.717) is 17.5 Å². The van der Waals surface area contributed by atoms with E-state index in [0.717, 1.165) is 24.2 Å². The van der Waals surface area contributed by atoms with Crippen LogP contribution in [0.1, 0.15) is 22.3 Å². The minimum Gasteiger partial charge on any atom is -0.348 e. The smallest absolute Gasteiger partial charge is 0.251 e. The second-order valence-corrected chi connectivity index (χ2v) is 5.97. The minimum atomic E-state index is 0.000390. The number of pyridine rings is 1. The fourth-order valence-electron chi connectivity index (χ4n) is 3.56. The molecule has 2 aromatic heterocycles. The Labute approximate surface area is 123 Å². The number of hydrogen-bond acceptors (Lipinski definition) is 2. The number of carbonyl (C=O) groups is 1. The molecule has 2 saturated heterocycles. The molecule has 0 aliphatic carbocycles. The maximum Gasteiger partial charge on any atom is 0.251 e. The van der Waals surface area contributed by atoms with Crippen molar-refractivity contribution in [1.82, 2.24) is 14.6 Å². The van der Waals surface area contributed by atoms with E-state index >= 15 is 0 Å². The van der Waals surface area contributed by atoms with E-state index < -0.39 is 0 Å². The Balaban J connectivity index is 1.58. The third-order valence-corrected chi connectivity index (χ3v) is 4.73. The number of piperidine rings is 1. The Morgan fingerprint density at radius 2 is 2.19 bits per heavy atom. The maximum absolute atomic E-state index is 12.5. The molecule has 4 heterocycles. The summed E-state index contributed by atoms with van der Waals surface area (Å²) in [7, 11) is 0. The van der Waals surface area contributed by atoms with Crippen molar-refractivity contribution in [2.24, 2.45) is 5.92 Å². The molecular formula is C17H17N3O. The molecule has 3 unspecified atom stereocenters. The van der Waals surface area contributed by atoms with Crippen LogP contribution in [0.4, 0.5) is 0 Å². The first-order valence-corrected chi connectivity index (χ1v) is 7.35. The average Bonchev–Trinajstić information content (AvgIpc) is 3.21. The van der Waals surface area contributed by atoms with E-state index in [4.69, 9.17) is 6.42 Å². The lowest BCUT2D eigenvalue weighted by atomic mass is 9.99. The van der Waals surface area contributed by atoms with Gasteiger partial charge in [0.2, 0.25) is 0 Å². The van der Waals surface area contributed by atoms with Gasteiger partial charge in [0.1, 0.15) is 0 Å². The summed E-state index contributed by atoms with van der Waals surface area (Å²) in [6, 6.07) is 5.90. The van der Waals surface area contributed by atoms with Crippen LogP contribution in [-0.4, -0.2) is 40.9 Å². The number of hydrogen-bond donors (Lipinski definition) is 1. The third kappa shape index (κ3) is 2.01. The lowest BCUT2D eigenvalue weighted by Crippen LogP contribution is -2.43. The molecule has 0 spiro atoms. The zero-order chi connectivity index (χ0) is 14.4. The molecular weight excluding hydrogens is 262 g/mol. The standard InChI is InChI=1S/C17H17N3O/c1-2-12-4-7-20-8-5-13(9-16(12)20)17(21)18-15-11-19-6-3-14(15)10-19/h1,4-5,7-9,14-15H,3,6,10-11H2,(H,18,21). The number of amides is 1. The van der Waals surface area contributed by atoms with Gasteiger partial charge in [-0.2, -0.15) is 0 Å². The van der Waals surface area contributed by atoms with Gasteiger partial charge in [-0.05, 0) is 37.1 Å². The first-order chi connectivity index (χ1) is 10.2. The van der Waals surface area contributed by atoms with Crippen LogP contribution in [0.25, 0.3) is 5.52 Å². The van der Waals surface area contributed by atoms with Gasteiger partial charge in [-0.3, -0.25) is 4.79 Å². The quantitative estimate of drug-likeness (QED) is 0.843. The number of terminal acetylenes is 1. The highest BCUT2D eigenvalue weighted by Gasteiger charge is 2.38. The maximum atomic E-state index is 12.5. The summed E-state index contributed by atoms with van der Waals surface area (Å²) in [6.45, 7) is 3.29. The number of rotatable bonds is 2. The molecule has 4 rings (SSSR count). The topological polar surface area (TPSA) is 36.8 Å². The third-order valence-electron chi connectivity index (χ3n) is 4.73. The Morgan fingerprint density at radius 3 is 2.90 bits per heavy atom. The van der Waals surface area contributed by atoms with E-state index in [-0.39, 0.29) is 5.91 Å². The highest BCUT2D eigenvalue weighted by molar-refractivity contribution is 5.95. The van der Waals surface area contributed by atoms with Gasteiger partial charge in [0, 0.05) is 42.7 Å². The van der Waals surface area contributed by atoms with E-state index in [9.17, 15) is 4.79 Å². The van der Waals surface area contributed by atoms with E-state index in [1.54, 1.807) is 0 Å². The van der Waals surface area contributed by atoms with Crippen molar-refractivity contribution in [2.45, 2.75) is 12.5 Å². The van der Waals surface area contributed by atoms with E-state index in [1.165, 1.54) is 13.0 Å². The van der Waals surface area contributed by atoms with Gasteiger partial charge in [0.25, 0.3) is 5.91 Å². The Kier molecular flexibility index (Phi) is 2.76. The Morgan fingerprint density at radius 1 is 1.33 bits per heavy atom. The van der Waals surface area contributed by atoms with Crippen LogP contribution < -0.4 is 5.32 Å². The Bertz CT molecular complexity index is 755. The van der Waals surface area contributed by atoms with E-state index in [2.05, 4.69) is 16.1 Å². The fourth-order valence-corrected chi connectivity index (χ4v) is 3.56. The first kappa shape index (κ1) is 12.5. The second kappa shape index (κ2) is 4.64. The molecule has 2 aliphatic heterocycles. The summed E-state index contributed by atoms with van der Waals surface area (Å²) in [5.74, 6) is 3.27. The molecule has 2 bridgehead atoms. The number of nitrogens with one attached hydrogen (secondary N) is 1. The summed E-state index contributed by atoms with van der Waals surface area (Å²) < 4.78 is 1.94. The van der Waals surface area contributed by atoms with Gasteiger partial charge in [0.05, 0.1) is 5.52 Å². The number of fused-ring (bicyclic) bond motifs is 3. The highest BCUT2D eigenvalue weighted by Crippen LogP contribution is 2.28. The van der Waals surface area contributed by atoms with Crippen molar-refractivity contribution < 1.29 is 4.79 Å². The largest absolute Gasteiger partial charge is 0.348 e. The summed E-state index contributed by atoms with van der Waals surface area (Å²) in [5.41, 5.74) is 2.40. The summed E-state index contributed by atoms with van der Waals surface area (Å²) in [5, 5.41) is 3.18. The summed E-state index contributed by atoms with van der Waals surface area (Å²) in [4.78, 5) is 14.9. The first-order valence-electron chi connectivity index (χ1n) is 7.35. The lowest BCUT2D eigenvalue weighted by molar-refractivity contribution is 0.0924. The molecule has 2 aromatic rings. The van der Waals surface area contributed by atoms with Crippen LogP contribution in [0.5, 0.6) is 0 Å². The molecule has 106 valence electrons. The summed E-state index contributed by atoms with van der Waals surface area (Å²) in [6.07, 6.45) is 10.5. The van der Waals surface area contributed by atoms with Crippen LogP contribution in [0.15, 0.2) is 30.6 Å². The number of aromatic nitrogens is 1. The molecule has 2 aliphatic rings. The van der Waals surface area contributed by atoms with Gasteiger partial charge in [-0.1, -0.05) is 5.92 Å². The van der Waals surface area contributed by atoms with Crippen molar-refractivity contribution in [3.63, 3.8) is 0 Å². The minimum absolute atomic E-state index is 0.000390. The van der Waals surface area contributed by atoms with Gasteiger partial charge >= 0.3 is 0 Å². The van der Waals surface area contributed by atoms with Gasteiger partial charge in [-0.15, -0.1) is 6.42 Å². The molecule has 1 N–H and O–H groups in total. The number of nitrogens with zero attached hydrogens (tertiary/aromatic N) is 2. The van der Waals surface area contributed by atoms with Gasteiger partial charge in [-0.25, -0.2) is 0 Å². The van der Waals surface area contributed by atoms with Crippen molar-refractivity contribution in [3.8, 4) is 12.3 Å². The Hall–Kier alpha value is -2.25. The predicted octanol–water partition coefficient (Wildman–Crippen LogP) is 1.35. The fraction of sp³-hybridized carbons (Fsp3) is 0.353. The zero-order valence-corrected chi connectivity index (χ0v) is 11.7. The van der Waals surface area contributed by atoms with Gasteiger partial charge in [0.15, 0.2) is 0 Å². The predicted molar refractivity (Wildman–Crippen MR) is 81.1 cm³/mol. The molecule has 4 heteroatoms. The average molecular weight is 279 g/mol. The lowest BCUT2D eigenvalue weighted by Gasteiger charge is -2.23. The van der Waals surface area contributed by atoms with E-state index in [1.807, 2.05) is 35.0 Å². The number of carbonyl (C=O) groups excluding carboxylic acids is 1. The zero-order valence-electron chi connectivity index (χ0n) is 11.7. The normalized spacial score (nSPS) is 26.9. The molecule has 0 saturated carbocycles. The molecule has 1 amide bonds. The molecule has 3 atom stereocenters.